The highest BCUT2D eigenvalue weighted by atomic mass is 16.4. The molecule has 0 aliphatic carbocycles. The molecule has 0 atom stereocenters. The van der Waals surface area contributed by atoms with Gasteiger partial charge in [-0.05, 0) is 18.2 Å². The van der Waals surface area contributed by atoms with E-state index in [9.17, 15) is 15.0 Å². The lowest BCUT2D eigenvalue weighted by atomic mass is 10.0. The van der Waals surface area contributed by atoms with Crippen LogP contribution in [-0.2, 0) is 0 Å². The zero-order chi connectivity index (χ0) is 18.7. The number of aromatic hydroxyl groups is 1. The molecule has 0 bridgehead atoms. The lowest BCUT2D eigenvalue weighted by Crippen LogP contribution is -2.16. The number of carboxylic acids is 1. The van der Waals surface area contributed by atoms with Crippen LogP contribution in [0.15, 0.2) is 67.1 Å². The molecule has 0 saturated carbocycles. The van der Waals surface area contributed by atoms with Crippen molar-refractivity contribution in [2.24, 2.45) is 25.2 Å². The van der Waals surface area contributed by atoms with Crippen LogP contribution >= 0.6 is 0 Å². The van der Waals surface area contributed by atoms with Gasteiger partial charge in [-0.25, -0.2) is 14.8 Å². The summed E-state index contributed by atoms with van der Waals surface area (Å²) in [6.45, 7) is 3.43. The van der Waals surface area contributed by atoms with Crippen LogP contribution in [-0.4, -0.2) is 42.1 Å². The Morgan fingerprint density at radius 1 is 1.31 bits per heavy atom. The van der Waals surface area contributed by atoms with Gasteiger partial charge in [-0.1, -0.05) is 24.3 Å². The number of hydrogen-bond acceptors (Lipinski definition) is 7. The number of rotatable bonds is 4. The molecule has 1 heterocycles. The zero-order valence-corrected chi connectivity index (χ0v) is 13.7. The van der Waals surface area contributed by atoms with Crippen LogP contribution < -0.4 is 5.32 Å². The summed E-state index contributed by atoms with van der Waals surface area (Å²) in [5.41, 5.74) is 0.0898. The van der Waals surface area contributed by atoms with Crippen LogP contribution in [0, 0.1) is 0 Å². The van der Waals surface area contributed by atoms with Gasteiger partial charge in [0.05, 0.1) is 6.34 Å². The summed E-state index contributed by atoms with van der Waals surface area (Å²) in [6.07, 6.45) is 1.42. The number of benzene rings is 2. The monoisotopic (exact) mass is 350 g/mol. The third-order valence-corrected chi connectivity index (χ3v) is 3.67. The molecule has 0 fully saturated rings. The maximum atomic E-state index is 11.6. The molecule has 0 spiro atoms. The Labute approximate surface area is 147 Å². The molecule has 2 aromatic carbocycles. The Hall–Kier alpha value is -3.88. The van der Waals surface area contributed by atoms with E-state index in [2.05, 4.69) is 37.2 Å². The van der Waals surface area contributed by atoms with Crippen molar-refractivity contribution in [3.63, 3.8) is 0 Å². The van der Waals surface area contributed by atoms with Gasteiger partial charge in [0.15, 0.2) is 17.3 Å². The first-order valence-corrected chi connectivity index (χ1v) is 7.43. The van der Waals surface area contributed by atoms with Gasteiger partial charge in [0.1, 0.15) is 11.3 Å². The fraction of sp³-hybridized carbons (Fsp3) is 0.0588. The second-order valence-electron chi connectivity index (χ2n) is 5.15. The molecule has 0 amide bonds. The van der Waals surface area contributed by atoms with Crippen molar-refractivity contribution in [1.82, 2.24) is 5.32 Å². The van der Waals surface area contributed by atoms with Crippen molar-refractivity contribution >= 4 is 41.3 Å². The highest BCUT2D eigenvalue weighted by Gasteiger charge is 2.19. The van der Waals surface area contributed by atoms with Crippen LogP contribution in [0.25, 0.3) is 10.8 Å². The summed E-state index contributed by atoms with van der Waals surface area (Å²) in [5.74, 6) is -1.22. The van der Waals surface area contributed by atoms with E-state index >= 15 is 0 Å². The second-order valence-corrected chi connectivity index (χ2v) is 5.15. The zero-order valence-electron chi connectivity index (χ0n) is 13.7. The van der Waals surface area contributed by atoms with Crippen molar-refractivity contribution in [2.45, 2.75) is 0 Å². The summed E-state index contributed by atoms with van der Waals surface area (Å²) < 4.78 is 0. The van der Waals surface area contributed by atoms with Gasteiger partial charge in [-0.15, -0.1) is 10.2 Å². The normalized spacial score (nSPS) is 17.0. The number of carboxylic acid groups (broad SMARTS) is 1. The number of amidine groups is 1. The average molecular weight is 350 g/mol. The molecule has 0 saturated heterocycles. The van der Waals surface area contributed by atoms with E-state index in [1.807, 2.05) is 0 Å². The lowest BCUT2D eigenvalue weighted by Gasteiger charge is -2.07. The van der Waals surface area contributed by atoms with Crippen LogP contribution in [0.1, 0.15) is 10.4 Å². The minimum Gasteiger partial charge on any atom is -0.505 e. The third kappa shape index (κ3) is 2.93. The van der Waals surface area contributed by atoms with Gasteiger partial charge < -0.3 is 15.5 Å². The predicted molar refractivity (Wildman–Crippen MR) is 98.6 cm³/mol. The van der Waals surface area contributed by atoms with Gasteiger partial charge in [0.25, 0.3) is 0 Å². The molecule has 0 radical (unpaired) electrons. The summed E-state index contributed by atoms with van der Waals surface area (Å²) in [5, 5.41) is 31.5. The molecule has 9 nitrogen and oxygen atoms in total. The number of phenols is 1. The quantitative estimate of drug-likeness (QED) is 0.578. The van der Waals surface area contributed by atoms with Crippen LogP contribution in [0.3, 0.4) is 0 Å². The van der Waals surface area contributed by atoms with E-state index in [0.717, 1.165) is 0 Å². The fourth-order valence-corrected chi connectivity index (χ4v) is 2.49. The SMILES string of the molecule is C=NC(/N=N/c1cc2ccccc2c(C(=O)O)c1O)=C1/N=CN/C1=N/C. The van der Waals surface area contributed by atoms with E-state index in [1.54, 1.807) is 31.3 Å². The van der Waals surface area contributed by atoms with E-state index in [1.165, 1.54) is 12.4 Å². The summed E-state index contributed by atoms with van der Waals surface area (Å²) in [6, 6.07) is 8.32. The minimum atomic E-state index is -1.26. The number of fused-ring (bicyclic) bond motifs is 1. The molecule has 3 N–H and O–H groups in total. The number of nitrogens with one attached hydrogen (secondary N) is 1. The van der Waals surface area contributed by atoms with E-state index in [0.29, 0.717) is 22.3 Å². The number of carbonyl (C=O) groups is 1. The van der Waals surface area contributed by atoms with Gasteiger partial charge in [0.2, 0.25) is 5.82 Å². The largest absolute Gasteiger partial charge is 0.505 e. The second kappa shape index (κ2) is 6.93. The Balaban J connectivity index is 2.14. The molecular weight excluding hydrogens is 336 g/mol. The highest BCUT2D eigenvalue weighted by molar-refractivity contribution is 6.09. The van der Waals surface area contributed by atoms with Gasteiger partial charge in [-0.2, -0.15) is 0 Å². The maximum Gasteiger partial charge on any atom is 0.340 e. The van der Waals surface area contributed by atoms with Crippen LogP contribution in [0.2, 0.25) is 0 Å². The summed E-state index contributed by atoms with van der Waals surface area (Å²) in [4.78, 5) is 23.4. The predicted octanol–water partition coefficient (Wildman–Crippen LogP) is 2.86. The maximum absolute atomic E-state index is 11.6. The van der Waals surface area contributed by atoms with E-state index in [4.69, 9.17) is 0 Å². The molecule has 1 aliphatic heterocycles. The lowest BCUT2D eigenvalue weighted by molar-refractivity contribution is 0.0696. The Morgan fingerprint density at radius 3 is 2.77 bits per heavy atom. The van der Waals surface area contributed by atoms with Crippen molar-refractivity contribution in [1.29, 1.82) is 0 Å². The topological polar surface area (TPSA) is 131 Å². The third-order valence-electron chi connectivity index (χ3n) is 3.67. The number of hydrogen-bond donors (Lipinski definition) is 3. The first-order valence-electron chi connectivity index (χ1n) is 7.43. The van der Waals surface area contributed by atoms with Crippen LogP contribution in [0.4, 0.5) is 5.69 Å². The standard InChI is InChI=1S/C17H14N6O3/c1-18-15-13(20-8-21-15)16(19-2)23-22-11-7-9-5-3-4-6-10(9)12(14(11)24)17(25)26/h3-8,24H,2H2,1H3,(H,25,26)(H,18,20,21)/b16-13-,23-22+. The highest BCUT2D eigenvalue weighted by Crippen LogP contribution is 2.37. The number of azo groups is 1. The number of aromatic carboxylic acids is 1. The molecule has 9 heteroatoms. The Morgan fingerprint density at radius 2 is 2.08 bits per heavy atom. The fourth-order valence-electron chi connectivity index (χ4n) is 2.49. The molecule has 26 heavy (non-hydrogen) atoms. The molecule has 130 valence electrons. The van der Waals surface area contributed by atoms with Crippen molar-refractivity contribution in [3.8, 4) is 5.75 Å². The molecule has 2 aromatic rings. The minimum absolute atomic E-state index is 0.00669. The molecule has 1 aliphatic rings. The molecule has 3 rings (SSSR count). The smallest absolute Gasteiger partial charge is 0.340 e. The van der Waals surface area contributed by atoms with Gasteiger partial charge >= 0.3 is 5.97 Å². The summed E-state index contributed by atoms with van der Waals surface area (Å²) in [7, 11) is 1.57. The molecule has 0 unspecified atom stereocenters. The Kier molecular flexibility index (Phi) is 4.52. The molecule has 0 aromatic heterocycles. The number of nitrogens with zero attached hydrogens (tertiary/aromatic N) is 5. The van der Waals surface area contributed by atoms with Crippen molar-refractivity contribution < 1.29 is 15.0 Å². The van der Waals surface area contributed by atoms with Gasteiger partial charge in [0, 0.05) is 12.4 Å². The number of aliphatic imine (C=N–C) groups is 3. The Bertz CT molecular complexity index is 1040. The summed E-state index contributed by atoms with van der Waals surface area (Å²) >= 11 is 0. The van der Waals surface area contributed by atoms with E-state index in [-0.39, 0.29) is 17.1 Å². The first-order chi connectivity index (χ1) is 12.6. The van der Waals surface area contributed by atoms with E-state index < -0.39 is 11.7 Å². The van der Waals surface area contributed by atoms with Crippen molar-refractivity contribution in [3.05, 3.63) is 47.4 Å². The van der Waals surface area contributed by atoms with Crippen LogP contribution in [0.5, 0.6) is 5.75 Å². The van der Waals surface area contributed by atoms with Gasteiger partial charge in [-0.3, -0.25) is 4.99 Å². The average Bonchev–Trinajstić information content (AvgIpc) is 3.10. The first kappa shape index (κ1) is 17.0. The van der Waals surface area contributed by atoms with Crippen molar-refractivity contribution in [2.75, 3.05) is 7.05 Å². The molecular formula is C17H14N6O3.